The smallest absolute Gasteiger partial charge is 0.249 e. The van der Waals surface area contributed by atoms with Gasteiger partial charge in [-0.1, -0.05) is 41.9 Å². The average molecular weight is 438 g/mol. The molecular weight excluding hydrogens is 419 g/mol. The molecule has 1 amide bonds. The highest BCUT2D eigenvalue weighted by Crippen LogP contribution is 2.34. The summed E-state index contributed by atoms with van der Waals surface area (Å²) >= 11 is 3.52. The van der Waals surface area contributed by atoms with Gasteiger partial charge >= 0.3 is 0 Å². The Morgan fingerprint density at radius 1 is 1.21 bits per heavy atom. The number of carbonyl (C=O) groups excluding carboxylic acids is 1. The lowest BCUT2D eigenvalue weighted by Gasteiger charge is -2.11. The first-order valence-corrected chi connectivity index (χ1v) is 9.86. The minimum absolute atomic E-state index is 0.286. The van der Waals surface area contributed by atoms with Crippen LogP contribution in [-0.4, -0.2) is 10.5 Å². The van der Waals surface area contributed by atoms with Gasteiger partial charge < -0.3 is 10.3 Å². The highest BCUT2D eigenvalue weighted by molar-refractivity contribution is 9.10. The highest BCUT2D eigenvalue weighted by Gasteiger charge is 2.18. The first-order valence-electron chi connectivity index (χ1n) is 9.07. The van der Waals surface area contributed by atoms with Crippen molar-refractivity contribution in [3.05, 3.63) is 81.6 Å². The molecule has 2 N–H and O–H groups in total. The molecule has 3 aromatic carbocycles. The van der Waals surface area contributed by atoms with Crippen LogP contribution in [0.2, 0.25) is 0 Å². The molecule has 28 heavy (non-hydrogen) atoms. The third-order valence-electron chi connectivity index (χ3n) is 5.09. The number of rotatable bonds is 4. The molecule has 4 aromatic rings. The Bertz CT molecular complexity index is 1230. The average Bonchev–Trinajstić information content (AvgIpc) is 2.98. The largest absolute Gasteiger partial charge is 0.366 e. The van der Waals surface area contributed by atoms with Crippen molar-refractivity contribution in [2.45, 2.75) is 26.3 Å². The van der Waals surface area contributed by atoms with Crippen LogP contribution < -0.4 is 5.73 Å². The van der Waals surface area contributed by atoms with E-state index in [-0.39, 0.29) is 5.82 Å². The molecule has 0 spiro atoms. The summed E-state index contributed by atoms with van der Waals surface area (Å²) in [5.74, 6) is -0.423. The van der Waals surface area contributed by atoms with E-state index in [1.54, 1.807) is 12.1 Å². The van der Waals surface area contributed by atoms with Crippen LogP contribution in [0.1, 0.15) is 41.3 Å². The Morgan fingerprint density at radius 2 is 2.00 bits per heavy atom. The number of nitrogens with zero attached hydrogens (tertiary/aromatic N) is 1. The van der Waals surface area contributed by atoms with E-state index in [9.17, 15) is 9.18 Å². The zero-order chi connectivity index (χ0) is 20.0. The fourth-order valence-electron chi connectivity index (χ4n) is 3.62. The number of halogens is 2. The monoisotopic (exact) mass is 437 g/mol. The van der Waals surface area contributed by atoms with E-state index in [4.69, 9.17) is 5.73 Å². The first-order chi connectivity index (χ1) is 13.4. The molecule has 0 fully saturated rings. The number of benzene rings is 3. The molecule has 0 aliphatic carbocycles. The fourth-order valence-corrected chi connectivity index (χ4v) is 3.99. The molecule has 0 aliphatic heterocycles. The molecule has 0 unspecified atom stereocenters. The SMILES string of the molecule is CC(C)c1c[c]c2c3c(C(N)=O)cccc3n(Cc3cc(F)ccc3Br)c2c1. The Labute approximate surface area is 171 Å². The van der Waals surface area contributed by atoms with Gasteiger partial charge in [0, 0.05) is 27.4 Å². The van der Waals surface area contributed by atoms with Crippen molar-refractivity contribution in [2.24, 2.45) is 5.73 Å². The van der Waals surface area contributed by atoms with Crippen molar-refractivity contribution in [3.63, 3.8) is 0 Å². The van der Waals surface area contributed by atoms with Crippen LogP contribution in [0.25, 0.3) is 21.8 Å². The number of hydrogen-bond acceptors (Lipinski definition) is 1. The van der Waals surface area contributed by atoms with Crippen LogP contribution in [0, 0.1) is 11.9 Å². The summed E-state index contributed by atoms with van der Waals surface area (Å²) in [6.45, 7) is 4.70. The maximum absolute atomic E-state index is 13.8. The lowest BCUT2D eigenvalue weighted by molar-refractivity contribution is 0.100. The topological polar surface area (TPSA) is 48.0 Å². The van der Waals surface area contributed by atoms with Crippen LogP contribution >= 0.6 is 15.9 Å². The van der Waals surface area contributed by atoms with Crippen LogP contribution in [0.5, 0.6) is 0 Å². The number of hydrogen-bond donors (Lipinski definition) is 1. The van der Waals surface area contributed by atoms with E-state index >= 15 is 0 Å². The molecule has 0 bridgehead atoms. The molecule has 4 rings (SSSR count). The minimum Gasteiger partial charge on any atom is -0.366 e. The molecule has 0 atom stereocenters. The van der Waals surface area contributed by atoms with Gasteiger partial charge in [-0.15, -0.1) is 0 Å². The fraction of sp³-hybridized carbons (Fsp3) is 0.174. The Hall–Kier alpha value is -2.66. The molecule has 0 saturated heterocycles. The second-order valence-electron chi connectivity index (χ2n) is 7.23. The van der Waals surface area contributed by atoms with Crippen molar-refractivity contribution in [1.82, 2.24) is 4.57 Å². The summed E-state index contributed by atoms with van der Waals surface area (Å²) in [5, 5.41) is 1.63. The van der Waals surface area contributed by atoms with E-state index < -0.39 is 5.91 Å². The Morgan fingerprint density at radius 3 is 2.71 bits per heavy atom. The van der Waals surface area contributed by atoms with Crippen molar-refractivity contribution in [1.29, 1.82) is 0 Å². The van der Waals surface area contributed by atoms with Gasteiger partial charge in [-0.05, 0) is 59.5 Å². The van der Waals surface area contributed by atoms with Crippen LogP contribution in [0.15, 0.2) is 53.0 Å². The minimum atomic E-state index is -0.474. The predicted molar refractivity (Wildman–Crippen MR) is 114 cm³/mol. The molecule has 1 heterocycles. The van der Waals surface area contributed by atoms with E-state index in [1.165, 1.54) is 12.1 Å². The molecule has 0 saturated carbocycles. The predicted octanol–water partition coefficient (Wildman–Crippen LogP) is 5.77. The summed E-state index contributed by atoms with van der Waals surface area (Å²) in [6.07, 6.45) is 0. The van der Waals surface area contributed by atoms with Gasteiger partial charge in [-0.2, -0.15) is 0 Å². The van der Waals surface area contributed by atoms with E-state index in [1.807, 2.05) is 18.2 Å². The third kappa shape index (κ3) is 3.10. The van der Waals surface area contributed by atoms with Crippen molar-refractivity contribution >= 4 is 43.6 Å². The lowest BCUT2D eigenvalue weighted by atomic mass is 10.00. The second-order valence-corrected chi connectivity index (χ2v) is 8.09. The van der Waals surface area contributed by atoms with Crippen molar-refractivity contribution < 1.29 is 9.18 Å². The number of primary amides is 1. The van der Waals surface area contributed by atoms with E-state index in [0.717, 1.165) is 37.4 Å². The zero-order valence-electron chi connectivity index (χ0n) is 15.6. The lowest BCUT2D eigenvalue weighted by Crippen LogP contribution is -2.11. The standard InChI is InChI=1S/C23H19BrFN2O/c1-13(2)14-6-8-17-21(11-14)27(12-15-10-16(25)7-9-19(15)24)20-5-3-4-18(22(17)20)23(26)28/h3-7,9-11,13H,12H2,1-2H3,(H2,26,28). The molecular formula is C23H19BrFN2O. The summed E-state index contributed by atoms with van der Waals surface area (Å²) < 4.78 is 16.8. The molecule has 5 heteroatoms. The van der Waals surface area contributed by atoms with Gasteiger partial charge in [-0.3, -0.25) is 4.79 Å². The summed E-state index contributed by atoms with van der Waals surface area (Å²) in [5.41, 5.74) is 9.89. The van der Waals surface area contributed by atoms with Crippen LogP contribution in [0.4, 0.5) is 4.39 Å². The maximum atomic E-state index is 13.8. The van der Waals surface area contributed by atoms with Gasteiger partial charge in [0.1, 0.15) is 5.82 Å². The number of amides is 1. The van der Waals surface area contributed by atoms with E-state index in [2.05, 4.69) is 46.5 Å². The number of fused-ring (bicyclic) bond motifs is 3. The zero-order valence-corrected chi connectivity index (χ0v) is 17.2. The van der Waals surface area contributed by atoms with Gasteiger partial charge in [0.05, 0.1) is 11.0 Å². The van der Waals surface area contributed by atoms with E-state index in [0.29, 0.717) is 18.0 Å². The number of nitrogens with two attached hydrogens (primary N) is 1. The van der Waals surface area contributed by atoms with Crippen molar-refractivity contribution in [3.8, 4) is 0 Å². The van der Waals surface area contributed by atoms with Gasteiger partial charge in [0.25, 0.3) is 0 Å². The van der Waals surface area contributed by atoms with Gasteiger partial charge in [0.15, 0.2) is 0 Å². The summed E-state index contributed by atoms with van der Waals surface area (Å²) in [7, 11) is 0. The normalized spacial score (nSPS) is 11.6. The molecule has 141 valence electrons. The van der Waals surface area contributed by atoms with Crippen LogP contribution in [0.3, 0.4) is 0 Å². The summed E-state index contributed by atoms with van der Waals surface area (Å²) in [6, 6.07) is 17.6. The Kier molecular flexibility index (Phi) is 4.71. The van der Waals surface area contributed by atoms with Crippen molar-refractivity contribution in [2.75, 3.05) is 0 Å². The maximum Gasteiger partial charge on any atom is 0.249 e. The first kappa shape index (κ1) is 18.7. The van der Waals surface area contributed by atoms with Crippen LogP contribution in [-0.2, 0) is 6.54 Å². The quantitative estimate of drug-likeness (QED) is 0.432. The number of aromatic nitrogens is 1. The molecule has 1 aromatic heterocycles. The molecule has 1 radical (unpaired) electrons. The summed E-state index contributed by atoms with van der Waals surface area (Å²) in [4.78, 5) is 12.0. The molecule has 0 aliphatic rings. The highest BCUT2D eigenvalue weighted by atomic mass is 79.9. The third-order valence-corrected chi connectivity index (χ3v) is 5.86. The molecule has 3 nitrogen and oxygen atoms in total. The van der Waals surface area contributed by atoms with Gasteiger partial charge in [-0.25, -0.2) is 4.39 Å². The second kappa shape index (κ2) is 7.06. The Balaban J connectivity index is 2.06. The van der Waals surface area contributed by atoms with Gasteiger partial charge in [0.2, 0.25) is 5.91 Å². The number of carbonyl (C=O) groups is 1.